The Morgan fingerprint density at radius 1 is 1.58 bits per heavy atom. The van der Waals surface area contributed by atoms with Crippen molar-refractivity contribution in [1.82, 2.24) is 0 Å². The Bertz CT molecular complexity index is 381. The van der Waals surface area contributed by atoms with Crippen LogP contribution in [-0.2, 0) is 0 Å². The molecule has 3 heteroatoms. The van der Waals surface area contributed by atoms with Gasteiger partial charge in [-0.1, -0.05) is 29.2 Å². The van der Waals surface area contributed by atoms with Crippen molar-refractivity contribution >= 4 is 5.69 Å². The summed E-state index contributed by atoms with van der Waals surface area (Å²) in [5.74, 6) is 2.48. The minimum atomic E-state index is 0.514. The number of aryl methyl sites for hydroxylation is 1. The molecule has 0 saturated heterocycles. The minimum Gasteiger partial charge on any atom is -0.115 e. The minimum absolute atomic E-state index is 0.514. The van der Waals surface area contributed by atoms with Crippen LogP contribution in [0.25, 0.3) is 10.4 Å². The van der Waals surface area contributed by atoms with E-state index in [1.54, 1.807) is 12.1 Å². The lowest BCUT2D eigenvalue weighted by Crippen LogP contribution is -1.80. The van der Waals surface area contributed by atoms with Crippen molar-refractivity contribution in [1.29, 1.82) is 0 Å². The van der Waals surface area contributed by atoms with Gasteiger partial charge in [0.1, 0.15) is 0 Å². The molecule has 0 saturated carbocycles. The first kappa shape index (κ1) is 8.19. The fraction of sp³-hybridized carbons (Fsp3) is 0.111. The van der Waals surface area contributed by atoms with Crippen molar-refractivity contribution in [2.75, 3.05) is 0 Å². The Kier molecular flexibility index (Phi) is 2.37. The Morgan fingerprint density at radius 2 is 2.33 bits per heavy atom. The van der Waals surface area contributed by atoms with Crippen LogP contribution in [0.3, 0.4) is 0 Å². The lowest BCUT2D eigenvalue weighted by atomic mass is 10.1. The zero-order chi connectivity index (χ0) is 8.97. The number of terminal acetylenes is 1. The average molecular weight is 157 g/mol. The highest BCUT2D eigenvalue weighted by Crippen LogP contribution is 2.21. The second-order valence-electron chi connectivity index (χ2n) is 2.30. The molecule has 3 nitrogen and oxygen atoms in total. The van der Waals surface area contributed by atoms with Crippen LogP contribution in [0.1, 0.15) is 11.1 Å². The van der Waals surface area contributed by atoms with Crippen LogP contribution in [0.5, 0.6) is 0 Å². The number of benzene rings is 1. The summed E-state index contributed by atoms with van der Waals surface area (Å²) >= 11 is 0. The zero-order valence-electron chi connectivity index (χ0n) is 6.65. The van der Waals surface area contributed by atoms with Crippen molar-refractivity contribution in [3.8, 4) is 12.3 Å². The maximum absolute atomic E-state index is 8.22. The van der Waals surface area contributed by atoms with Crippen LogP contribution >= 0.6 is 0 Å². The molecule has 0 amide bonds. The van der Waals surface area contributed by atoms with Gasteiger partial charge in [0, 0.05) is 10.5 Å². The van der Waals surface area contributed by atoms with Gasteiger partial charge < -0.3 is 0 Å². The number of nitrogens with zero attached hydrogens (tertiary/aromatic N) is 3. The highest BCUT2D eigenvalue weighted by atomic mass is 15.1. The van der Waals surface area contributed by atoms with Gasteiger partial charge in [-0.2, -0.15) is 0 Å². The van der Waals surface area contributed by atoms with Crippen LogP contribution in [0.15, 0.2) is 23.3 Å². The zero-order valence-corrected chi connectivity index (χ0v) is 6.65. The van der Waals surface area contributed by atoms with Crippen molar-refractivity contribution < 1.29 is 0 Å². The van der Waals surface area contributed by atoms with Gasteiger partial charge in [-0.15, -0.1) is 6.42 Å². The van der Waals surface area contributed by atoms with E-state index in [4.69, 9.17) is 12.0 Å². The van der Waals surface area contributed by atoms with Crippen molar-refractivity contribution in [2.24, 2.45) is 5.11 Å². The predicted octanol–water partition coefficient (Wildman–Crippen LogP) is 2.92. The van der Waals surface area contributed by atoms with E-state index in [0.717, 1.165) is 5.56 Å². The predicted molar refractivity (Wildman–Crippen MR) is 47.9 cm³/mol. The molecule has 0 aromatic heterocycles. The van der Waals surface area contributed by atoms with E-state index in [2.05, 4.69) is 15.9 Å². The molecule has 58 valence electrons. The van der Waals surface area contributed by atoms with Gasteiger partial charge in [0.05, 0.1) is 5.69 Å². The molecule has 0 heterocycles. The van der Waals surface area contributed by atoms with Crippen LogP contribution in [0, 0.1) is 19.3 Å². The topological polar surface area (TPSA) is 48.8 Å². The quantitative estimate of drug-likeness (QED) is 0.260. The smallest absolute Gasteiger partial charge is 0.0534 e. The molecule has 0 aliphatic rings. The summed E-state index contributed by atoms with van der Waals surface area (Å²) in [6, 6.07) is 5.38. The third-order valence-electron chi connectivity index (χ3n) is 1.55. The largest absolute Gasteiger partial charge is 0.115 e. The Labute approximate surface area is 70.7 Å². The Hall–Kier alpha value is -1.91. The molecular weight excluding hydrogens is 150 g/mol. The van der Waals surface area contributed by atoms with Crippen molar-refractivity contribution in [3.63, 3.8) is 0 Å². The van der Waals surface area contributed by atoms with Crippen LogP contribution in [-0.4, -0.2) is 0 Å². The molecule has 0 radical (unpaired) electrons. The van der Waals surface area contributed by atoms with E-state index in [0.29, 0.717) is 11.3 Å². The van der Waals surface area contributed by atoms with E-state index in [9.17, 15) is 0 Å². The van der Waals surface area contributed by atoms with Crippen LogP contribution < -0.4 is 0 Å². The Balaban J connectivity index is 3.39. The fourth-order valence-electron chi connectivity index (χ4n) is 0.972. The molecule has 1 aromatic rings. The van der Waals surface area contributed by atoms with Crippen LogP contribution in [0.2, 0.25) is 0 Å². The van der Waals surface area contributed by atoms with Crippen LogP contribution in [0.4, 0.5) is 5.69 Å². The van der Waals surface area contributed by atoms with E-state index >= 15 is 0 Å². The third kappa shape index (κ3) is 1.39. The molecule has 0 bridgehead atoms. The van der Waals surface area contributed by atoms with Gasteiger partial charge in [0.15, 0.2) is 0 Å². The third-order valence-corrected chi connectivity index (χ3v) is 1.55. The molecule has 12 heavy (non-hydrogen) atoms. The second kappa shape index (κ2) is 3.47. The fourth-order valence-corrected chi connectivity index (χ4v) is 0.972. The van der Waals surface area contributed by atoms with Gasteiger partial charge >= 0.3 is 0 Å². The summed E-state index contributed by atoms with van der Waals surface area (Å²) < 4.78 is 0. The SMILES string of the molecule is C#Cc1c(C)cccc1N=[N+]=[N-]. The molecule has 1 rings (SSSR count). The molecule has 0 spiro atoms. The summed E-state index contributed by atoms with van der Waals surface area (Å²) in [7, 11) is 0. The molecule has 0 fully saturated rings. The standard InChI is InChI=1S/C9H7N3/c1-3-8-7(2)5-4-6-9(8)11-12-10/h1,4-6H,2H3. The molecule has 1 aromatic carbocycles. The first-order valence-corrected chi connectivity index (χ1v) is 3.41. The first-order valence-electron chi connectivity index (χ1n) is 3.41. The summed E-state index contributed by atoms with van der Waals surface area (Å²) in [5, 5.41) is 3.48. The summed E-state index contributed by atoms with van der Waals surface area (Å²) in [6.07, 6.45) is 5.25. The Morgan fingerprint density at radius 3 is 2.92 bits per heavy atom. The van der Waals surface area contributed by atoms with E-state index < -0.39 is 0 Å². The number of azide groups is 1. The number of hydrogen-bond donors (Lipinski definition) is 0. The van der Waals surface area contributed by atoms with Crippen molar-refractivity contribution in [3.05, 3.63) is 39.8 Å². The maximum Gasteiger partial charge on any atom is 0.0534 e. The second-order valence-corrected chi connectivity index (χ2v) is 2.30. The summed E-state index contributed by atoms with van der Waals surface area (Å²) in [5.41, 5.74) is 10.3. The molecular formula is C9H7N3. The maximum atomic E-state index is 8.22. The first-order chi connectivity index (χ1) is 5.79. The average Bonchev–Trinajstić information content (AvgIpc) is 2.05. The lowest BCUT2D eigenvalue weighted by molar-refractivity contribution is 1.38. The van der Waals surface area contributed by atoms with Gasteiger partial charge in [-0.25, -0.2) is 0 Å². The van der Waals surface area contributed by atoms with Crippen molar-refractivity contribution in [2.45, 2.75) is 6.92 Å². The van der Waals surface area contributed by atoms with E-state index in [-0.39, 0.29) is 0 Å². The van der Waals surface area contributed by atoms with E-state index in [1.807, 2.05) is 13.0 Å². The molecule has 0 atom stereocenters. The number of rotatable bonds is 1. The summed E-state index contributed by atoms with van der Waals surface area (Å²) in [6.45, 7) is 1.88. The summed E-state index contributed by atoms with van der Waals surface area (Å²) in [4.78, 5) is 2.69. The highest BCUT2D eigenvalue weighted by molar-refractivity contribution is 5.57. The van der Waals surface area contributed by atoms with Gasteiger partial charge in [-0.05, 0) is 18.0 Å². The van der Waals surface area contributed by atoms with E-state index in [1.165, 1.54) is 0 Å². The molecule has 0 N–H and O–H groups in total. The monoisotopic (exact) mass is 157 g/mol. The molecule has 0 aliphatic carbocycles. The van der Waals surface area contributed by atoms with Gasteiger partial charge in [-0.3, -0.25) is 0 Å². The van der Waals surface area contributed by atoms with Gasteiger partial charge in [0.25, 0.3) is 0 Å². The highest BCUT2D eigenvalue weighted by Gasteiger charge is 1.98. The number of hydrogen-bond acceptors (Lipinski definition) is 1. The van der Waals surface area contributed by atoms with Gasteiger partial charge in [0.2, 0.25) is 0 Å². The molecule has 0 aliphatic heterocycles. The lowest BCUT2D eigenvalue weighted by Gasteiger charge is -1.99. The molecule has 0 unspecified atom stereocenters. The normalized spacial score (nSPS) is 8.33.